The van der Waals surface area contributed by atoms with Gasteiger partial charge in [0.1, 0.15) is 0 Å². The van der Waals surface area contributed by atoms with E-state index in [0.717, 1.165) is 17.5 Å². The van der Waals surface area contributed by atoms with E-state index in [1.165, 1.54) is 0 Å². The lowest BCUT2D eigenvalue weighted by Crippen LogP contribution is -2.43. The van der Waals surface area contributed by atoms with E-state index < -0.39 is 0 Å². The second-order valence-electron chi connectivity index (χ2n) is 6.02. The molecule has 0 fully saturated rings. The number of aromatic nitrogens is 2. The monoisotopic (exact) mass is 289 g/mol. The van der Waals surface area contributed by atoms with Crippen LogP contribution < -0.4 is 11.0 Å². The van der Waals surface area contributed by atoms with Crippen LogP contribution in [0.5, 0.6) is 0 Å². The second-order valence-corrected chi connectivity index (χ2v) is 6.02. The van der Waals surface area contributed by atoms with Crippen LogP contribution in [0.3, 0.4) is 0 Å². The van der Waals surface area contributed by atoms with Crippen molar-refractivity contribution in [3.63, 3.8) is 0 Å². The molecule has 1 amide bonds. The van der Waals surface area contributed by atoms with Crippen LogP contribution in [0.15, 0.2) is 29.1 Å². The van der Waals surface area contributed by atoms with Crippen LogP contribution in [0.1, 0.15) is 33.6 Å². The fourth-order valence-corrected chi connectivity index (χ4v) is 2.32. The highest BCUT2D eigenvalue weighted by Gasteiger charge is 2.18. The van der Waals surface area contributed by atoms with E-state index in [4.69, 9.17) is 0 Å². The van der Waals surface area contributed by atoms with Crippen LogP contribution in [0.2, 0.25) is 0 Å². The minimum atomic E-state index is -0.208. The van der Waals surface area contributed by atoms with E-state index in [1.807, 2.05) is 45.0 Å². The largest absolute Gasteiger partial charge is 0.351 e. The average molecular weight is 289 g/mol. The van der Waals surface area contributed by atoms with E-state index in [2.05, 4.69) is 5.32 Å². The van der Waals surface area contributed by atoms with E-state index in [-0.39, 0.29) is 17.1 Å². The van der Waals surface area contributed by atoms with Crippen LogP contribution in [-0.4, -0.2) is 20.6 Å². The second kappa shape index (κ2) is 5.76. The average Bonchev–Trinajstić information content (AvgIpc) is 2.69. The standard InChI is InChI=1S/C16H23N3O2/c1-5-16(2,3)17-14(20)10-11-19-13-9-7-6-8-12(13)18(4)15(19)21/h6-9H,5,10-11H2,1-4H3,(H,17,20). The van der Waals surface area contributed by atoms with Gasteiger partial charge in [0, 0.05) is 25.6 Å². The first kappa shape index (κ1) is 15.4. The first-order chi connectivity index (χ1) is 9.85. The van der Waals surface area contributed by atoms with Crippen molar-refractivity contribution in [2.45, 2.75) is 45.7 Å². The van der Waals surface area contributed by atoms with Crippen molar-refractivity contribution in [1.82, 2.24) is 14.5 Å². The summed E-state index contributed by atoms with van der Waals surface area (Å²) >= 11 is 0. The summed E-state index contributed by atoms with van der Waals surface area (Å²) in [6.45, 7) is 6.42. The van der Waals surface area contributed by atoms with Crippen molar-refractivity contribution in [3.8, 4) is 0 Å². The number of carbonyl (C=O) groups is 1. The zero-order chi connectivity index (χ0) is 15.6. The van der Waals surface area contributed by atoms with Crippen molar-refractivity contribution in [2.24, 2.45) is 7.05 Å². The van der Waals surface area contributed by atoms with E-state index in [9.17, 15) is 9.59 Å². The van der Waals surface area contributed by atoms with Crippen molar-refractivity contribution >= 4 is 16.9 Å². The fraction of sp³-hybridized carbons (Fsp3) is 0.500. The normalized spacial score (nSPS) is 11.8. The lowest BCUT2D eigenvalue weighted by molar-refractivity contribution is -0.122. The number of nitrogens with zero attached hydrogens (tertiary/aromatic N) is 2. The van der Waals surface area contributed by atoms with Gasteiger partial charge in [0.05, 0.1) is 11.0 Å². The molecule has 114 valence electrons. The molecule has 1 aromatic heterocycles. The molecule has 0 radical (unpaired) electrons. The molecule has 2 rings (SSSR count). The maximum absolute atomic E-state index is 12.2. The van der Waals surface area contributed by atoms with E-state index >= 15 is 0 Å². The summed E-state index contributed by atoms with van der Waals surface area (Å²) in [6, 6.07) is 7.62. The SMILES string of the molecule is CCC(C)(C)NC(=O)CCn1c(=O)n(C)c2ccccc21. The predicted molar refractivity (Wildman–Crippen MR) is 84.3 cm³/mol. The first-order valence-electron chi connectivity index (χ1n) is 7.31. The Morgan fingerprint density at radius 3 is 2.48 bits per heavy atom. The third-order valence-electron chi connectivity index (χ3n) is 3.98. The summed E-state index contributed by atoms with van der Waals surface area (Å²) in [7, 11) is 1.75. The van der Waals surface area contributed by atoms with Gasteiger partial charge in [-0.05, 0) is 32.4 Å². The Morgan fingerprint density at radius 1 is 1.24 bits per heavy atom. The van der Waals surface area contributed by atoms with Gasteiger partial charge < -0.3 is 5.32 Å². The number of fused-ring (bicyclic) bond motifs is 1. The molecule has 1 N–H and O–H groups in total. The maximum Gasteiger partial charge on any atom is 0.328 e. The maximum atomic E-state index is 12.2. The van der Waals surface area contributed by atoms with Gasteiger partial charge in [-0.2, -0.15) is 0 Å². The van der Waals surface area contributed by atoms with E-state index in [1.54, 1.807) is 16.2 Å². The van der Waals surface area contributed by atoms with Gasteiger partial charge in [-0.15, -0.1) is 0 Å². The molecule has 0 unspecified atom stereocenters. The number of rotatable bonds is 5. The molecule has 21 heavy (non-hydrogen) atoms. The van der Waals surface area contributed by atoms with Crippen LogP contribution in [-0.2, 0) is 18.4 Å². The number of aryl methyl sites for hydroxylation is 2. The molecule has 0 aliphatic rings. The zero-order valence-corrected chi connectivity index (χ0v) is 13.1. The third-order valence-corrected chi connectivity index (χ3v) is 3.98. The molecule has 0 aliphatic carbocycles. The quantitative estimate of drug-likeness (QED) is 0.915. The molecule has 5 heteroatoms. The van der Waals surface area contributed by atoms with Gasteiger partial charge in [0.2, 0.25) is 5.91 Å². The molecule has 0 bridgehead atoms. The van der Waals surface area contributed by atoms with Gasteiger partial charge >= 0.3 is 5.69 Å². The van der Waals surface area contributed by atoms with Crippen LogP contribution in [0.25, 0.3) is 11.0 Å². The van der Waals surface area contributed by atoms with Gasteiger partial charge in [0.25, 0.3) is 0 Å². The minimum absolute atomic E-state index is 0.0262. The predicted octanol–water partition coefficient (Wildman–Crippen LogP) is 2.03. The Morgan fingerprint density at radius 2 is 1.86 bits per heavy atom. The number of hydrogen-bond donors (Lipinski definition) is 1. The smallest absolute Gasteiger partial charge is 0.328 e. The number of hydrogen-bond acceptors (Lipinski definition) is 2. The van der Waals surface area contributed by atoms with Crippen molar-refractivity contribution < 1.29 is 4.79 Å². The Labute approximate surface area is 124 Å². The third kappa shape index (κ3) is 3.17. The summed E-state index contributed by atoms with van der Waals surface area (Å²) in [4.78, 5) is 24.2. The number of nitrogens with one attached hydrogen (secondary N) is 1. The number of para-hydroxylation sites is 2. The Balaban J connectivity index is 2.16. The summed E-state index contributed by atoms with van der Waals surface area (Å²) in [6.07, 6.45) is 1.17. The van der Waals surface area contributed by atoms with Crippen molar-refractivity contribution in [1.29, 1.82) is 0 Å². The fourth-order valence-electron chi connectivity index (χ4n) is 2.32. The molecule has 2 aromatic rings. The lowest BCUT2D eigenvalue weighted by atomic mass is 10.0. The highest BCUT2D eigenvalue weighted by atomic mass is 16.2. The molecule has 0 saturated carbocycles. The Hall–Kier alpha value is -2.04. The molecule has 0 saturated heterocycles. The Bertz CT molecular complexity index is 710. The molecule has 0 spiro atoms. The first-order valence-corrected chi connectivity index (χ1v) is 7.31. The highest BCUT2D eigenvalue weighted by molar-refractivity contribution is 5.78. The van der Waals surface area contributed by atoms with Crippen LogP contribution in [0.4, 0.5) is 0 Å². The Kier molecular flexibility index (Phi) is 4.21. The molecular weight excluding hydrogens is 266 g/mol. The summed E-state index contributed by atoms with van der Waals surface area (Å²) in [5.41, 5.74) is 1.46. The molecule has 5 nitrogen and oxygen atoms in total. The van der Waals surface area contributed by atoms with Gasteiger partial charge in [-0.25, -0.2) is 4.79 Å². The van der Waals surface area contributed by atoms with Gasteiger partial charge in [0.15, 0.2) is 0 Å². The number of amides is 1. The van der Waals surface area contributed by atoms with E-state index in [0.29, 0.717) is 13.0 Å². The van der Waals surface area contributed by atoms with Gasteiger partial charge in [-0.1, -0.05) is 19.1 Å². The number of carbonyl (C=O) groups excluding carboxylic acids is 1. The summed E-state index contributed by atoms with van der Waals surface area (Å²) in [5, 5.41) is 2.99. The zero-order valence-electron chi connectivity index (χ0n) is 13.1. The highest BCUT2D eigenvalue weighted by Crippen LogP contribution is 2.12. The number of benzene rings is 1. The van der Waals surface area contributed by atoms with Crippen LogP contribution >= 0.6 is 0 Å². The topological polar surface area (TPSA) is 56.0 Å². The van der Waals surface area contributed by atoms with Crippen LogP contribution in [0, 0.1) is 0 Å². The summed E-state index contributed by atoms with van der Waals surface area (Å²) in [5.74, 6) is -0.0262. The molecular formula is C16H23N3O2. The lowest BCUT2D eigenvalue weighted by Gasteiger charge is -2.24. The van der Waals surface area contributed by atoms with Gasteiger partial charge in [-0.3, -0.25) is 13.9 Å². The minimum Gasteiger partial charge on any atom is -0.351 e. The van der Waals surface area contributed by atoms with Crippen molar-refractivity contribution in [2.75, 3.05) is 0 Å². The molecule has 1 aromatic carbocycles. The molecule has 1 heterocycles. The number of imidazole rings is 1. The van der Waals surface area contributed by atoms with Crippen molar-refractivity contribution in [3.05, 3.63) is 34.7 Å². The molecule has 0 atom stereocenters. The molecule has 0 aliphatic heterocycles. The summed E-state index contributed by atoms with van der Waals surface area (Å²) < 4.78 is 3.27.